The normalized spacial score (nSPS) is 16.0. The van der Waals surface area contributed by atoms with Crippen LogP contribution in [0.5, 0.6) is 5.75 Å². The molecule has 0 saturated carbocycles. The molecule has 2 aromatic rings. The number of halogens is 3. The van der Waals surface area contributed by atoms with Gasteiger partial charge in [0.2, 0.25) is 0 Å². The van der Waals surface area contributed by atoms with Crippen LogP contribution in [-0.2, 0) is 4.79 Å². The highest BCUT2D eigenvalue weighted by Crippen LogP contribution is 2.33. The largest absolute Gasteiger partial charge is 0.505 e. The third-order valence-electron chi connectivity index (χ3n) is 3.74. The van der Waals surface area contributed by atoms with Crippen molar-refractivity contribution in [2.75, 3.05) is 7.05 Å². The van der Waals surface area contributed by atoms with Crippen molar-refractivity contribution in [1.82, 2.24) is 4.90 Å². The van der Waals surface area contributed by atoms with Crippen molar-refractivity contribution in [3.8, 4) is 5.75 Å². The fraction of sp³-hybridized carbons (Fsp3) is 0.0526. The Kier molecular flexibility index (Phi) is 5.51. The Labute approximate surface area is 169 Å². The fourth-order valence-electron chi connectivity index (χ4n) is 2.34. The van der Waals surface area contributed by atoms with Gasteiger partial charge in [0.05, 0.1) is 10.0 Å². The van der Waals surface area contributed by atoms with Crippen LogP contribution in [0.3, 0.4) is 0 Å². The van der Waals surface area contributed by atoms with Gasteiger partial charge in [-0.3, -0.25) is 9.69 Å². The Bertz CT molecular complexity index is 943. The number of likely N-dealkylation sites (N-methyl/N-ethyl adjacent to an activating group) is 1. The van der Waals surface area contributed by atoms with Crippen LogP contribution in [0.1, 0.15) is 11.1 Å². The molecule has 0 fully saturated rings. The number of hydrogen-bond donors (Lipinski definition) is 1. The van der Waals surface area contributed by atoms with E-state index in [9.17, 15) is 9.90 Å². The lowest BCUT2D eigenvalue weighted by Gasteiger charge is -2.07. The summed E-state index contributed by atoms with van der Waals surface area (Å²) in [5, 5.41) is 9.85. The first-order chi connectivity index (χ1) is 12.3. The molecule has 0 aromatic heterocycles. The molecule has 3 rings (SSSR count). The van der Waals surface area contributed by atoms with E-state index < -0.39 is 0 Å². The molecule has 0 spiro atoms. The van der Waals surface area contributed by atoms with Gasteiger partial charge in [0, 0.05) is 11.5 Å². The second-order valence-electron chi connectivity index (χ2n) is 5.58. The maximum Gasteiger partial charge on any atom is 0.277 e. The Hall–Kier alpha value is -2.08. The number of aromatic hydroxyl groups is 1. The van der Waals surface area contributed by atoms with Crippen LogP contribution in [0.2, 0.25) is 10.0 Å². The van der Waals surface area contributed by atoms with Crippen LogP contribution in [0, 0.1) is 0 Å². The molecule has 2 aromatic carbocycles. The number of hydrogen-bond acceptors (Lipinski definition) is 3. The van der Waals surface area contributed by atoms with Gasteiger partial charge in [-0.1, -0.05) is 57.3 Å². The second kappa shape index (κ2) is 7.66. The van der Waals surface area contributed by atoms with E-state index >= 15 is 0 Å². The minimum atomic E-state index is -0.235. The Morgan fingerprint density at radius 2 is 1.69 bits per heavy atom. The highest BCUT2D eigenvalue weighted by molar-refractivity contribution is 9.10. The van der Waals surface area contributed by atoms with Crippen molar-refractivity contribution in [3.05, 3.63) is 73.8 Å². The topological polar surface area (TPSA) is 52.9 Å². The molecule has 1 amide bonds. The first-order valence-electron chi connectivity index (χ1n) is 7.55. The smallest absolute Gasteiger partial charge is 0.277 e. The van der Waals surface area contributed by atoms with E-state index in [0.717, 1.165) is 10.0 Å². The van der Waals surface area contributed by atoms with Crippen molar-refractivity contribution in [2.24, 2.45) is 4.99 Å². The molecule has 4 nitrogen and oxygen atoms in total. The summed E-state index contributed by atoms with van der Waals surface area (Å²) >= 11 is 15.2. The molecular weight excluding hydrogens is 439 g/mol. The zero-order valence-electron chi connectivity index (χ0n) is 13.6. The summed E-state index contributed by atoms with van der Waals surface area (Å²) in [6, 6.07) is 10.8. The number of amides is 1. The predicted molar refractivity (Wildman–Crippen MR) is 109 cm³/mol. The van der Waals surface area contributed by atoms with Crippen LogP contribution >= 0.6 is 39.1 Å². The number of carbonyl (C=O) groups excluding carboxylic acids is 1. The number of phenols is 1. The minimum absolute atomic E-state index is 0.113. The molecule has 0 unspecified atom stereocenters. The van der Waals surface area contributed by atoms with Crippen LogP contribution in [0.4, 0.5) is 0 Å². The first kappa shape index (κ1) is 18.7. The summed E-state index contributed by atoms with van der Waals surface area (Å²) in [6.07, 6.45) is 5.24. The van der Waals surface area contributed by atoms with Gasteiger partial charge in [0.15, 0.2) is 5.75 Å². The average Bonchev–Trinajstić information content (AvgIpc) is 2.87. The third-order valence-corrected chi connectivity index (χ3v) is 4.84. The Morgan fingerprint density at radius 3 is 2.31 bits per heavy atom. The minimum Gasteiger partial charge on any atom is -0.505 e. The molecule has 1 aliphatic heterocycles. The number of amidine groups is 1. The lowest BCUT2D eigenvalue weighted by atomic mass is 10.2. The average molecular weight is 452 g/mol. The first-order valence-corrected chi connectivity index (χ1v) is 9.10. The Balaban J connectivity index is 1.89. The quantitative estimate of drug-likeness (QED) is 0.636. The lowest BCUT2D eigenvalue weighted by molar-refractivity contribution is -0.121. The zero-order chi connectivity index (χ0) is 18.8. The summed E-state index contributed by atoms with van der Waals surface area (Å²) in [5.41, 5.74) is 1.84. The summed E-state index contributed by atoms with van der Waals surface area (Å²) in [7, 11) is 1.66. The van der Waals surface area contributed by atoms with Gasteiger partial charge >= 0.3 is 0 Å². The van der Waals surface area contributed by atoms with Crippen molar-refractivity contribution in [3.63, 3.8) is 0 Å². The lowest BCUT2D eigenvalue weighted by Crippen LogP contribution is -2.26. The van der Waals surface area contributed by atoms with Crippen molar-refractivity contribution < 1.29 is 9.90 Å². The number of benzene rings is 2. The van der Waals surface area contributed by atoms with Gasteiger partial charge in [-0.05, 0) is 47.5 Å². The van der Waals surface area contributed by atoms with E-state index in [1.165, 1.54) is 17.0 Å². The zero-order valence-corrected chi connectivity index (χ0v) is 16.7. The SMILES string of the molecule is CN1C(=O)/C(=C/c2cc(Cl)c(O)c(Cl)c2)N=C1/C=C/c1ccc(Br)cc1. The van der Waals surface area contributed by atoms with Crippen molar-refractivity contribution >= 4 is 63.0 Å². The maximum atomic E-state index is 12.4. The standard InChI is InChI=1S/C19H13BrCl2N2O2/c1-24-17(7-4-11-2-5-13(20)6-3-11)23-16(19(24)26)10-12-8-14(21)18(25)15(22)9-12/h2-10,25H,1H3/b7-4+,16-10-. The van der Waals surface area contributed by atoms with E-state index in [-0.39, 0.29) is 27.4 Å². The maximum absolute atomic E-state index is 12.4. The number of aliphatic imine (C=N–C) groups is 1. The monoisotopic (exact) mass is 450 g/mol. The second-order valence-corrected chi connectivity index (χ2v) is 7.31. The van der Waals surface area contributed by atoms with E-state index in [0.29, 0.717) is 11.4 Å². The summed E-state index contributed by atoms with van der Waals surface area (Å²) in [6.45, 7) is 0. The van der Waals surface area contributed by atoms with Gasteiger partial charge in [0.1, 0.15) is 11.5 Å². The molecule has 7 heteroatoms. The van der Waals surface area contributed by atoms with Crippen LogP contribution < -0.4 is 0 Å². The van der Waals surface area contributed by atoms with Crippen LogP contribution in [0.15, 0.2) is 57.6 Å². The molecule has 1 aliphatic rings. The van der Waals surface area contributed by atoms with Crippen LogP contribution in [0.25, 0.3) is 12.2 Å². The van der Waals surface area contributed by atoms with Gasteiger partial charge in [-0.2, -0.15) is 0 Å². The summed E-state index contributed by atoms with van der Waals surface area (Å²) in [4.78, 5) is 18.2. The highest BCUT2D eigenvalue weighted by Gasteiger charge is 2.25. The molecule has 1 heterocycles. The van der Waals surface area contributed by atoms with E-state index in [1.54, 1.807) is 19.2 Å². The predicted octanol–water partition coefficient (Wildman–Crippen LogP) is 5.39. The van der Waals surface area contributed by atoms with Crippen molar-refractivity contribution in [1.29, 1.82) is 0 Å². The third kappa shape index (κ3) is 4.01. The molecular formula is C19H13BrCl2N2O2. The van der Waals surface area contributed by atoms with Gasteiger partial charge in [-0.25, -0.2) is 4.99 Å². The molecule has 132 valence electrons. The number of rotatable bonds is 3. The molecule has 26 heavy (non-hydrogen) atoms. The number of carbonyl (C=O) groups is 1. The van der Waals surface area contributed by atoms with Crippen LogP contribution in [-0.4, -0.2) is 28.8 Å². The Morgan fingerprint density at radius 1 is 1.08 bits per heavy atom. The molecule has 1 N–H and O–H groups in total. The van der Waals surface area contributed by atoms with Gasteiger partial charge < -0.3 is 5.11 Å². The molecule has 0 radical (unpaired) electrons. The number of nitrogens with zero attached hydrogens (tertiary/aromatic N) is 2. The van der Waals surface area contributed by atoms with E-state index in [1.807, 2.05) is 30.3 Å². The van der Waals surface area contributed by atoms with Crippen molar-refractivity contribution in [2.45, 2.75) is 0 Å². The van der Waals surface area contributed by atoms with E-state index in [4.69, 9.17) is 23.2 Å². The summed E-state index contributed by atoms with van der Waals surface area (Å²) in [5.74, 6) is 0.105. The molecule has 0 saturated heterocycles. The highest BCUT2D eigenvalue weighted by atomic mass is 79.9. The van der Waals surface area contributed by atoms with Gasteiger partial charge in [-0.15, -0.1) is 0 Å². The molecule has 0 bridgehead atoms. The number of phenolic OH excluding ortho intramolecular Hbond substituents is 1. The van der Waals surface area contributed by atoms with Gasteiger partial charge in [0.25, 0.3) is 5.91 Å². The fourth-order valence-corrected chi connectivity index (χ4v) is 3.10. The molecule has 0 aliphatic carbocycles. The molecule has 0 atom stereocenters. The van der Waals surface area contributed by atoms with E-state index in [2.05, 4.69) is 20.9 Å². The summed E-state index contributed by atoms with van der Waals surface area (Å²) < 4.78 is 0.997.